The van der Waals surface area contributed by atoms with Crippen LogP contribution in [0.5, 0.6) is 5.75 Å². The van der Waals surface area contributed by atoms with Crippen molar-refractivity contribution in [1.82, 2.24) is 20.4 Å². The molecule has 0 unspecified atom stereocenters. The highest BCUT2D eigenvalue weighted by molar-refractivity contribution is 5.76. The molecular weight excluding hydrogens is 404 g/mol. The first-order chi connectivity index (χ1) is 15.5. The van der Waals surface area contributed by atoms with Gasteiger partial charge in [0.25, 0.3) is 0 Å². The van der Waals surface area contributed by atoms with Gasteiger partial charge in [-0.05, 0) is 54.2 Å². The minimum absolute atomic E-state index is 0.0527. The van der Waals surface area contributed by atoms with Crippen LogP contribution in [0.1, 0.15) is 32.6 Å². The molecule has 0 saturated heterocycles. The second kappa shape index (κ2) is 9.68. The monoisotopic (exact) mass is 432 g/mol. The number of hydrogen-bond donors (Lipinski definition) is 2. The van der Waals surface area contributed by atoms with Crippen molar-refractivity contribution in [3.63, 3.8) is 0 Å². The molecule has 0 aliphatic heterocycles. The Labute approximate surface area is 187 Å². The van der Waals surface area contributed by atoms with Gasteiger partial charge in [0.1, 0.15) is 5.75 Å². The Morgan fingerprint density at radius 3 is 2.31 bits per heavy atom. The Morgan fingerprint density at radius 1 is 1.03 bits per heavy atom. The van der Waals surface area contributed by atoms with Crippen molar-refractivity contribution in [2.24, 2.45) is 0 Å². The Bertz CT molecular complexity index is 1050. The minimum Gasteiger partial charge on any atom is -0.410 e. The molecule has 1 heterocycles. The van der Waals surface area contributed by atoms with Crippen molar-refractivity contribution in [3.8, 4) is 28.1 Å². The number of benzene rings is 2. The maximum Gasteiger partial charge on any atom is 0.415 e. The van der Waals surface area contributed by atoms with Crippen molar-refractivity contribution >= 4 is 12.0 Å². The molecule has 4 rings (SSSR count). The molecule has 1 aliphatic carbocycles. The molecule has 0 bridgehead atoms. The number of aromatic amines is 1. The van der Waals surface area contributed by atoms with Crippen LogP contribution in [-0.4, -0.2) is 46.2 Å². The highest BCUT2D eigenvalue weighted by Crippen LogP contribution is 2.27. The molecule has 1 aromatic heterocycles. The van der Waals surface area contributed by atoms with Gasteiger partial charge in [-0.1, -0.05) is 43.3 Å². The van der Waals surface area contributed by atoms with E-state index in [2.05, 4.69) is 27.6 Å². The molecule has 1 fully saturated rings. The van der Waals surface area contributed by atoms with E-state index in [-0.39, 0.29) is 24.1 Å². The van der Waals surface area contributed by atoms with Crippen LogP contribution in [-0.2, 0) is 4.79 Å². The molecule has 7 heteroatoms. The zero-order valence-electron chi connectivity index (χ0n) is 18.4. The standard InChI is InChI=1S/C25H28N4O3/c1-3-24(30)27-20-10-11-21(16-20)29(2)25(31)32-22-12-8-18(9-13-22)17-4-6-19(7-5-17)23-14-15-26-28-23/h4-9,12-15,20-21H,3,10-11,16H2,1-2H3,(H,26,28)(H,27,30)/t20-,21+/m0/s1. The number of amides is 2. The number of nitrogens with one attached hydrogen (secondary N) is 2. The van der Waals surface area contributed by atoms with Gasteiger partial charge in [-0.2, -0.15) is 5.10 Å². The maximum absolute atomic E-state index is 12.6. The first-order valence-corrected chi connectivity index (χ1v) is 11.0. The number of hydrogen-bond acceptors (Lipinski definition) is 4. The zero-order chi connectivity index (χ0) is 22.5. The van der Waals surface area contributed by atoms with Crippen LogP contribution in [0.25, 0.3) is 22.4 Å². The van der Waals surface area contributed by atoms with E-state index in [1.807, 2.05) is 49.4 Å². The summed E-state index contributed by atoms with van der Waals surface area (Å²) in [4.78, 5) is 25.8. The van der Waals surface area contributed by atoms with Gasteiger partial charge in [-0.3, -0.25) is 9.89 Å². The molecular formula is C25H28N4O3. The molecule has 32 heavy (non-hydrogen) atoms. The summed E-state index contributed by atoms with van der Waals surface area (Å²) in [7, 11) is 1.76. The summed E-state index contributed by atoms with van der Waals surface area (Å²) in [5.74, 6) is 0.561. The van der Waals surface area contributed by atoms with Gasteiger partial charge in [0.05, 0.1) is 5.69 Å². The van der Waals surface area contributed by atoms with Crippen LogP contribution in [0, 0.1) is 0 Å². The van der Waals surface area contributed by atoms with Crippen LogP contribution in [0.15, 0.2) is 60.8 Å². The molecule has 3 aromatic rings. The molecule has 2 atom stereocenters. The summed E-state index contributed by atoms with van der Waals surface area (Å²) in [5, 5.41) is 9.95. The van der Waals surface area contributed by atoms with Gasteiger partial charge < -0.3 is 15.0 Å². The van der Waals surface area contributed by atoms with E-state index >= 15 is 0 Å². The Balaban J connectivity index is 1.33. The third kappa shape index (κ3) is 4.99. The fourth-order valence-corrected chi connectivity index (χ4v) is 4.07. The SMILES string of the molecule is CCC(=O)N[C@H]1CC[C@@H](N(C)C(=O)Oc2ccc(-c3ccc(-c4ccn[nH]4)cc3)cc2)C1. The first-order valence-electron chi connectivity index (χ1n) is 11.0. The summed E-state index contributed by atoms with van der Waals surface area (Å²) in [6.07, 6.45) is 4.31. The molecule has 7 nitrogen and oxygen atoms in total. The fourth-order valence-electron chi connectivity index (χ4n) is 4.07. The van der Waals surface area contributed by atoms with Crippen LogP contribution in [0.4, 0.5) is 4.79 Å². The van der Waals surface area contributed by atoms with Gasteiger partial charge >= 0.3 is 6.09 Å². The van der Waals surface area contributed by atoms with Gasteiger partial charge in [0, 0.05) is 31.7 Å². The summed E-state index contributed by atoms with van der Waals surface area (Å²) in [6, 6.07) is 17.8. The van der Waals surface area contributed by atoms with E-state index in [4.69, 9.17) is 4.74 Å². The molecule has 1 aliphatic rings. The van der Waals surface area contributed by atoms with Gasteiger partial charge in [0.15, 0.2) is 0 Å². The van der Waals surface area contributed by atoms with E-state index < -0.39 is 0 Å². The van der Waals surface area contributed by atoms with E-state index in [1.54, 1.807) is 18.1 Å². The summed E-state index contributed by atoms with van der Waals surface area (Å²) in [5.41, 5.74) is 4.17. The average Bonchev–Trinajstić information content (AvgIpc) is 3.52. The summed E-state index contributed by atoms with van der Waals surface area (Å²) < 4.78 is 5.57. The van der Waals surface area contributed by atoms with Gasteiger partial charge in [-0.25, -0.2) is 4.79 Å². The number of carbonyl (C=O) groups is 2. The minimum atomic E-state index is -0.380. The van der Waals surface area contributed by atoms with Crippen molar-refractivity contribution in [1.29, 1.82) is 0 Å². The number of H-pyrrole nitrogens is 1. The third-order valence-electron chi connectivity index (χ3n) is 6.02. The number of rotatable bonds is 6. The van der Waals surface area contributed by atoms with Crippen molar-refractivity contribution in [3.05, 3.63) is 60.8 Å². The molecule has 2 N–H and O–H groups in total. The summed E-state index contributed by atoms with van der Waals surface area (Å²) in [6.45, 7) is 1.84. The molecule has 0 spiro atoms. The van der Waals surface area contributed by atoms with E-state index in [0.29, 0.717) is 12.2 Å². The van der Waals surface area contributed by atoms with Gasteiger partial charge in [-0.15, -0.1) is 0 Å². The summed E-state index contributed by atoms with van der Waals surface area (Å²) >= 11 is 0. The third-order valence-corrected chi connectivity index (χ3v) is 6.02. The van der Waals surface area contributed by atoms with Crippen LogP contribution in [0.3, 0.4) is 0 Å². The number of aromatic nitrogens is 2. The zero-order valence-corrected chi connectivity index (χ0v) is 18.4. The quantitative estimate of drug-likeness (QED) is 0.595. The van der Waals surface area contributed by atoms with E-state index in [9.17, 15) is 9.59 Å². The average molecular weight is 433 g/mol. The molecule has 2 amide bonds. The van der Waals surface area contributed by atoms with Crippen LogP contribution < -0.4 is 10.1 Å². The molecule has 1 saturated carbocycles. The highest BCUT2D eigenvalue weighted by Gasteiger charge is 2.31. The van der Waals surface area contributed by atoms with Gasteiger partial charge in [0.2, 0.25) is 5.91 Å². The topological polar surface area (TPSA) is 87.3 Å². The maximum atomic E-state index is 12.6. The number of nitrogens with zero attached hydrogens (tertiary/aromatic N) is 2. The lowest BCUT2D eigenvalue weighted by Gasteiger charge is -2.24. The predicted molar refractivity (Wildman–Crippen MR) is 123 cm³/mol. The Kier molecular flexibility index (Phi) is 6.54. The molecule has 2 aromatic carbocycles. The molecule has 166 valence electrons. The van der Waals surface area contributed by atoms with Crippen molar-refractivity contribution in [2.45, 2.75) is 44.7 Å². The number of ether oxygens (including phenoxy) is 1. The van der Waals surface area contributed by atoms with E-state index in [1.165, 1.54) is 0 Å². The van der Waals surface area contributed by atoms with Crippen molar-refractivity contribution < 1.29 is 14.3 Å². The largest absolute Gasteiger partial charge is 0.415 e. The lowest BCUT2D eigenvalue weighted by Crippen LogP contribution is -2.39. The second-order valence-corrected chi connectivity index (χ2v) is 8.14. The first kappa shape index (κ1) is 21.6. The lowest BCUT2D eigenvalue weighted by atomic mass is 10.0. The second-order valence-electron chi connectivity index (χ2n) is 8.14. The van der Waals surface area contributed by atoms with Crippen molar-refractivity contribution in [2.75, 3.05) is 7.05 Å². The number of carbonyl (C=O) groups excluding carboxylic acids is 2. The van der Waals surface area contributed by atoms with Crippen LogP contribution >= 0.6 is 0 Å². The predicted octanol–water partition coefficient (Wildman–Crippen LogP) is 4.62. The van der Waals surface area contributed by atoms with E-state index in [0.717, 1.165) is 41.6 Å². The molecule has 0 radical (unpaired) electrons. The Morgan fingerprint density at radius 2 is 1.69 bits per heavy atom. The highest BCUT2D eigenvalue weighted by atomic mass is 16.6. The van der Waals surface area contributed by atoms with Crippen LogP contribution in [0.2, 0.25) is 0 Å². The fraction of sp³-hybridized carbons (Fsp3) is 0.320. The lowest BCUT2D eigenvalue weighted by molar-refractivity contribution is -0.121. The normalized spacial score (nSPS) is 17.7. The Hall–Kier alpha value is -3.61. The smallest absolute Gasteiger partial charge is 0.410 e.